The maximum Gasteiger partial charge on any atom is 0.305 e. The largest absolute Gasteiger partial charge is 0.481 e. The van der Waals surface area contributed by atoms with E-state index < -0.39 is 23.7 Å². The Balaban J connectivity index is 1.74. The summed E-state index contributed by atoms with van der Waals surface area (Å²) in [6, 6.07) is 15.8. The van der Waals surface area contributed by atoms with Gasteiger partial charge in [0.05, 0.1) is 12.7 Å². The number of furan rings is 1. The van der Waals surface area contributed by atoms with Gasteiger partial charge < -0.3 is 25.5 Å². The molecule has 9 nitrogen and oxygen atoms in total. The molecular formula is C24H20ClN3O6. The zero-order valence-corrected chi connectivity index (χ0v) is 18.5. The van der Waals surface area contributed by atoms with Gasteiger partial charge in [-0.3, -0.25) is 19.2 Å². The van der Waals surface area contributed by atoms with Crippen molar-refractivity contribution in [2.24, 2.45) is 0 Å². The Labute approximate surface area is 199 Å². The van der Waals surface area contributed by atoms with Crippen molar-refractivity contribution in [1.29, 1.82) is 0 Å². The van der Waals surface area contributed by atoms with E-state index in [4.69, 9.17) is 21.1 Å². The summed E-state index contributed by atoms with van der Waals surface area (Å²) >= 11 is 6.19. The molecule has 3 rings (SSSR count). The summed E-state index contributed by atoms with van der Waals surface area (Å²) in [5, 5.41) is 16.7. The average Bonchev–Trinajstić information content (AvgIpc) is 3.35. The molecular weight excluding hydrogens is 462 g/mol. The minimum atomic E-state index is -1.02. The van der Waals surface area contributed by atoms with Crippen molar-refractivity contribution >= 4 is 47.1 Å². The van der Waals surface area contributed by atoms with Gasteiger partial charge in [0, 0.05) is 22.8 Å². The van der Waals surface area contributed by atoms with E-state index >= 15 is 0 Å². The molecule has 1 heterocycles. The lowest BCUT2D eigenvalue weighted by Crippen LogP contribution is -2.30. The van der Waals surface area contributed by atoms with E-state index in [1.54, 1.807) is 30.3 Å². The first-order chi connectivity index (χ1) is 16.3. The molecule has 0 atom stereocenters. The average molecular weight is 482 g/mol. The van der Waals surface area contributed by atoms with E-state index in [9.17, 15) is 19.2 Å². The number of halogens is 1. The lowest BCUT2D eigenvalue weighted by molar-refractivity contribution is -0.136. The van der Waals surface area contributed by atoms with Crippen LogP contribution in [0.25, 0.3) is 6.08 Å². The Morgan fingerprint density at radius 3 is 2.32 bits per heavy atom. The Morgan fingerprint density at radius 2 is 1.68 bits per heavy atom. The van der Waals surface area contributed by atoms with Gasteiger partial charge in [0.2, 0.25) is 0 Å². The summed E-state index contributed by atoms with van der Waals surface area (Å²) < 4.78 is 5.08. The molecule has 0 spiro atoms. The van der Waals surface area contributed by atoms with Crippen LogP contribution in [-0.4, -0.2) is 35.3 Å². The van der Waals surface area contributed by atoms with Gasteiger partial charge in [0.15, 0.2) is 5.76 Å². The van der Waals surface area contributed by atoms with Crippen molar-refractivity contribution in [3.8, 4) is 0 Å². The third-order valence-corrected chi connectivity index (χ3v) is 4.82. The van der Waals surface area contributed by atoms with E-state index in [-0.39, 0.29) is 24.4 Å². The lowest BCUT2D eigenvalue weighted by atomic mass is 10.1. The van der Waals surface area contributed by atoms with Crippen LogP contribution < -0.4 is 16.0 Å². The second-order valence-corrected chi connectivity index (χ2v) is 7.35. The Bertz CT molecular complexity index is 1220. The van der Waals surface area contributed by atoms with E-state index in [1.165, 1.54) is 42.7 Å². The summed E-state index contributed by atoms with van der Waals surface area (Å²) in [6.45, 7) is -0.00176. The first-order valence-corrected chi connectivity index (χ1v) is 10.4. The normalized spacial score (nSPS) is 10.9. The van der Waals surface area contributed by atoms with Crippen molar-refractivity contribution in [3.05, 3.63) is 94.5 Å². The van der Waals surface area contributed by atoms with Crippen molar-refractivity contribution in [1.82, 2.24) is 10.6 Å². The van der Waals surface area contributed by atoms with Crippen LogP contribution in [0.1, 0.15) is 32.9 Å². The van der Waals surface area contributed by atoms with Gasteiger partial charge in [0.25, 0.3) is 17.7 Å². The molecule has 4 N–H and O–H groups in total. The van der Waals surface area contributed by atoms with Gasteiger partial charge in [-0.05, 0) is 54.1 Å². The van der Waals surface area contributed by atoms with Gasteiger partial charge in [-0.1, -0.05) is 29.8 Å². The van der Waals surface area contributed by atoms with Gasteiger partial charge >= 0.3 is 5.97 Å². The van der Waals surface area contributed by atoms with Crippen LogP contribution in [-0.2, 0) is 9.59 Å². The molecule has 10 heteroatoms. The first-order valence-electron chi connectivity index (χ1n) is 10.1. The lowest BCUT2D eigenvalue weighted by Gasteiger charge is -2.11. The monoisotopic (exact) mass is 481 g/mol. The predicted octanol–water partition coefficient (Wildman–Crippen LogP) is 3.55. The SMILES string of the molecule is O=C(O)CCNC(=O)c1ccc(NC(=O)C(=Cc2ccccc2Cl)NC(=O)c2ccco2)cc1. The number of hydrogen-bond donors (Lipinski definition) is 4. The van der Waals surface area contributed by atoms with E-state index in [0.717, 1.165) is 0 Å². The van der Waals surface area contributed by atoms with Crippen molar-refractivity contribution < 1.29 is 28.7 Å². The number of hydrogen-bond acceptors (Lipinski definition) is 5. The Hall–Kier alpha value is -4.37. The van der Waals surface area contributed by atoms with Crippen LogP contribution >= 0.6 is 11.6 Å². The highest BCUT2D eigenvalue weighted by Gasteiger charge is 2.17. The maximum absolute atomic E-state index is 13.0. The molecule has 0 radical (unpaired) electrons. The van der Waals surface area contributed by atoms with Crippen LogP contribution in [0.4, 0.5) is 5.69 Å². The Morgan fingerprint density at radius 1 is 0.941 bits per heavy atom. The highest BCUT2D eigenvalue weighted by molar-refractivity contribution is 6.32. The number of carboxylic acids is 1. The number of amides is 3. The van der Waals surface area contributed by atoms with Gasteiger partial charge in [0.1, 0.15) is 5.70 Å². The molecule has 0 aliphatic rings. The van der Waals surface area contributed by atoms with Crippen molar-refractivity contribution in [2.45, 2.75) is 6.42 Å². The minimum absolute atomic E-state index is 0.00176. The molecule has 2 aromatic carbocycles. The van der Waals surface area contributed by atoms with Crippen molar-refractivity contribution in [2.75, 3.05) is 11.9 Å². The number of benzene rings is 2. The Kier molecular flexibility index (Phi) is 8.20. The smallest absolute Gasteiger partial charge is 0.305 e. The predicted molar refractivity (Wildman–Crippen MR) is 125 cm³/mol. The van der Waals surface area contributed by atoms with Gasteiger partial charge in [-0.25, -0.2) is 0 Å². The molecule has 0 saturated carbocycles. The van der Waals surface area contributed by atoms with Crippen LogP contribution in [0.15, 0.2) is 77.0 Å². The molecule has 0 saturated heterocycles. The van der Waals surface area contributed by atoms with E-state index in [1.807, 2.05) is 0 Å². The van der Waals surface area contributed by atoms with Gasteiger partial charge in [-0.15, -0.1) is 0 Å². The fourth-order valence-corrected chi connectivity index (χ4v) is 2.98. The number of aliphatic carboxylic acids is 1. The van der Waals surface area contributed by atoms with Crippen LogP contribution in [0.3, 0.4) is 0 Å². The zero-order valence-electron chi connectivity index (χ0n) is 17.7. The van der Waals surface area contributed by atoms with Crippen LogP contribution in [0.2, 0.25) is 5.02 Å². The van der Waals surface area contributed by atoms with Crippen LogP contribution in [0, 0.1) is 0 Å². The number of carbonyl (C=O) groups is 4. The zero-order chi connectivity index (χ0) is 24.5. The summed E-state index contributed by atoms with van der Waals surface area (Å²) in [6.07, 6.45) is 2.58. The standard InChI is InChI=1S/C24H20ClN3O6/c25-18-5-2-1-4-16(18)14-19(28-24(33)20-6-3-13-34-20)23(32)27-17-9-7-15(8-10-17)22(31)26-12-11-21(29)30/h1-10,13-14H,11-12H2,(H,26,31)(H,27,32)(H,28,33)(H,29,30). The number of carboxylic acid groups (broad SMARTS) is 1. The quantitative estimate of drug-likeness (QED) is 0.345. The molecule has 3 aromatic rings. The highest BCUT2D eigenvalue weighted by Crippen LogP contribution is 2.19. The van der Waals surface area contributed by atoms with Crippen molar-refractivity contribution in [3.63, 3.8) is 0 Å². The second kappa shape index (κ2) is 11.5. The molecule has 174 valence electrons. The molecule has 0 fully saturated rings. The maximum atomic E-state index is 13.0. The molecule has 3 amide bonds. The fraction of sp³-hybridized carbons (Fsp3) is 0.0833. The number of anilines is 1. The fourth-order valence-electron chi connectivity index (χ4n) is 2.79. The second-order valence-electron chi connectivity index (χ2n) is 6.94. The molecule has 0 aliphatic heterocycles. The molecule has 0 unspecified atom stereocenters. The number of rotatable bonds is 9. The molecule has 0 bridgehead atoms. The summed E-state index contributed by atoms with van der Waals surface area (Å²) in [7, 11) is 0. The third kappa shape index (κ3) is 6.81. The summed E-state index contributed by atoms with van der Waals surface area (Å²) in [4.78, 5) is 48.0. The topological polar surface area (TPSA) is 138 Å². The van der Waals surface area contributed by atoms with E-state index in [2.05, 4.69) is 16.0 Å². The van der Waals surface area contributed by atoms with Crippen LogP contribution in [0.5, 0.6) is 0 Å². The molecule has 0 aliphatic carbocycles. The summed E-state index contributed by atoms with van der Waals surface area (Å²) in [5.41, 5.74) is 1.10. The third-order valence-electron chi connectivity index (χ3n) is 4.47. The molecule has 34 heavy (non-hydrogen) atoms. The number of nitrogens with one attached hydrogen (secondary N) is 3. The highest BCUT2D eigenvalue weighted by atomic mass is 35.5. The van der Waals surface area contributed by atoms with Gasteiger partial charge in [-0.2, -0.15) is 0 Å². The van der Waals surface area contributed by atoms with E-state index in [0.29, 0.717) is 21.8 Å². The summed E-state index contributed by atoms with van der Waals surface area (Å²) in [5.74, 6) is -2.68. The minimum Gasteiger partial charge on any atom is -0.481 e. The first kappa shape index (κ1) is 24.3. The molecule has 1 aromatic heterocycles. The number of carbonyl (C=O) groups excluding carboxylic acids is 3.